The number of nitrogens with one attached hydrogen (secondary N) is 1. The Labute approximate surface area is 142 Å². The highest BCUT2D eigenvalue weighted by Crippen LogP contribution is 2.29. The Kier molecular flexibility index (Phi) is 4.95. The number of hydrogen-bond donors (Lipinski definition) is 2. The molecule has 0 atom stereocenters. The Balaban J connectivity index is 2.47. The first-order valence-corrected chi connectivity index (χ1v) is 9.02. The third-order valence-electron chi connectivity index (χ3n) is 3.26. The van der Waals surface area contributed by atoms with Crippen LogP contribution in [0.15, 0.2) is 28.5 Å². The molecule has 2 rings (SSSR count). The highest BCUT2D eigenvalue weighted by molar-refractivity contribution is 7.94. The van der Waals surface area contributed by atoms with E-state index in [0.29, 0.717) is 22.5 Å². The van der Waals surface area contributed by atoms with Crippen molar-refractivity contribution in [2.24, 2.45) is 0 Å². The fourth-order valence-electron chi connectivity index (χ4n) is 2.12. The molecule has 0 saturated carbocycles. The van der Waals surface area contributed by atoms with E-state index >= 15 is 0 Å². The molecule has 2 aromatic rings. The lowest BCUT2D eigenvalue weighted by Gasteiger charge is -2.12. The van der Waals surface area contributed by atoms with Gasteiger partial charge in [-0.15, -0.1) is 11.3 Å². The lowest BCUT2D eigenvalue weighted by Crippen LogP contribution is -2.16. The lowest BCUT2D eigenvalue weighted by atomic mass is 10.1. The zero-order valence-electron chi connectivity index (χ0n) is 13.1. The van der Waals surface area contributed by atoms with Crippen LogP contribution >= 0.6 is 11.3 Å². The summed E-state index contributed by atoms with van der Waals surface area (Å²) in [4.78, 5) is 22.9. The molecule has 9 heteroatoms. The zero-order valence-corrected chi connectivity index (χ0v) is 14.7. The van der Waals surface area contributed by atoms with Crippen LogP contribution in [-0.4, -0.2) is 32.6 Å². The van der Waals surface area contributed by atoms with Crippen LogP contribution in [0.2, 0.25) is 0 Å². The first-order valence-electron chi connectivity index (χ1n) is 6.72. The van der Waals surface area contributed by atoms with Gasteiger partial charge in [-0.05, 0) is 37.1 Å². The fourth-order valence-corrected chi connectivity index (χ4v) is 4.57. The molecule has 0 radical (unpaired) electrons. The highest BCUT2D eigenvalue weighted by atomic mass is 32.2. The van der Waals surface area contributed by atoms with Crippen LogP contribution in [0, 0.1) is 13.8 Å². The number of anilines is 1. The summed E-state index contributed by atoms with van der Waals surface area (Å²) < 4.78 is 31.9. The number of aryl methyl sites for hydroxylation is 2. The highest BCUT2D eigenvalue weighted by Gasteiger charge is 2.24. The van der Waals surface area contributed by atoms with Gasteiger partial charge in [0.2, 0.25) is 0 Å². The molecule has 2 N–H and O–H groups in total. The Morgan fingerprint density at radius 3 is 2.42 bits per heavy atom. The molecule has 0 amide bonds. The molecule has 0 aliphatic heterocycles. The van der Waals surface area contributed by atoms with Crippen LogP contribution in [0.25, 0.3) is 0 Å². The molecule has 0 spiro atoms. The van der Waals surface area contributed by atoms with Crippen LogP contribution in [0.3, 0.4) is 0 Å². The van der Waals surface area contributed by atoms with E-state index in [9.17, 15) is 18.0 Å². The maximum absolute atomic E-state index is 12.5. The molecule has 0 aliphatic carbocycles. The maximum Gasteiger partial charge on any atom is 0.346 e. The van der Waals surface area contributed by atoms with Gasteiger partial charge in [-0.3, -0.25) is 4.72 Å². The van der Waals surface area contributed by atoms with Gasteiger partial charge in [0.1, 0.15) is 9.09 Å². The van der Waals surface area contributed by atoms with Gasteiger partial charge in [0.05, 0.1) is 18.4 Å². The number of thiophene rings is 1. The largest absolute Gasteiger partial charge is 0.477 e. The predicted molar refractivity (Wildman–Crippen MR) is 89.3 cm³/mol. The van der Waals surface area contributed by atoms with Crippen molar-refractivity contribution in [2.75, 3.05) is 11.8 Å². The molecule has 0 fully saturated rings. The molecule has 7 nitrogen and oxygen atoms in total. The van der Waals surface area contributed by atoms with Crippen molar-refractivity contribution in [2.45, 2.75) is 18.1 Å². The van der Waals surface area contributed by atoms with Crippen molar-refractivity contribution in [3.05, 3.63) is 45.8 Å². The zero-order chi connectivity index (χ0) is 18.1. The third kappa shape index (κ3) is 3.41. The van der Waals surface area contributed by atoms with E-state index in [0.717, 1.165) is 0 Å². The number of sulfonamides is 1. The molecular formula is C15H15NO6S2. The minimum absolute atomic E-state index is 0.0483. The number of ether oxygens (including phenoxy) is 1. The van der Waals surface area contributed by atoms with Crippen molar-refractivity contribution in [3.63, 3.8) is 0 Å². The summed E-state index contributed by atoms with van der Waals surface area (Å²) in [5, 5.41) is 9.05. The van der Waals surface area contributed by atoms with Crippen LogP contribution in [0.5, 0.6) is 0 Å². The molecule has 0 saturated heterocycles. The summed E-state index contributed by atoms with van der Waals surface area (Å²) in [7, 11) is -2.83. The van der Waals surface area contributed by atoms with Crippen molar-refractivity contribution >= 4 is 39.0 Å². The second kappa shape index (κ2) is 6.62. The number of benzene rings is 1. The van der Waals surface area contributed by atoms with Gasteiger partial charge >= 0.3 is 11.9 Å². The summed E-state index contributed by atoms with van der Waals surface area (Å²) in [5.74, 6) is -1.86. The Morgan fingerprint density at radius 1 is 1.21 bits per heavy atom. The molecule has 0 aliphatic rings. The molecule has 128 valence electrons. The SMILES string of the molecule is COC(=O)c1c(C)cccc1NS(=O)(=O)c1cc(C)c(C(=O)O)s1. The van der Waals surface area contributed by atoms with E-state index in [-0.39, 0.29) is 20.3 Å². The average molecular weight is 369 g/mol. The summed E-state index contributed by atoms with van der Waals surface area (Å²) >= 11 is 0.652. The van der Waals surface area contributed by atoms with Gasteiger partial charge < -0.3 is 9.84 Å². The number of carboxylic acids is 1. The normalized spacial score (nSPS) is 11.1. The van der Waals surface area contributed by atoms with Gasteiger partial charge in [-0.1, -0.05) is 12.1 Å². The summed E-state index contributed by atoms with van der Waals surface area (Å²) in [6.07, 6.45) is 0. The van der Waals surface area contributed by atoms with E-state index in [2.05, 4.69) is 9.46 Å². The van der Waals surface area contributed by atoms with Crippen LogP contribution in [0.4, 0.5) is 5.69 Å². The van der Waals surface area contributed by atoms with E-state index in [4.69, 9.17) is 5.11 Å². The lowest BCUT2D eigenvalue weighted by molar-refractivity contribution is 0.0600. The van der Waals surface area contributed by atoms with E-state index < -0.39 is 22.0 Å². The molecule has 24 heavy (non-hydrogen) atoms. The Bertz CT molecular complexity index is 914. The number of carboxylic acid groups (broad SMARTS) is 1. The second-order valence-corrected chi connectivity index (χ2v) is 7.94. The van der Waals surface area contributed by atoms with Crippen LogP contribution in [-0.2, 0) is 14.8 Å². The number of rotatable bonds is 5. The van der Waals surface area contributed by atoms with Crippen molar-refractivity contribution in [1.82, 2.24) is 0 Å². The molecule has 1 aromatic heterocycles. The van der Waals surface area contributed by atoms with Crippen LogP contribution < -0.4 is 4.72 Å². The first-order chi connectivity index (χ1) is 11.2. The first kappa shape index (κ1) is 18.0. The molecule has 1 aromatic carbocycles. The number of methoxy groups -OCH3 is 1. The van der Waals surface area contributed by atoms with Gasteiger partial charge in [0, 0.05) is 0 Å². The Morgan fingerprint density at radius 2 is 1.88 bits per heavy atom. The van der Waals surface area contributed by atoms with Crippen LogP contribution in [0.1, 0.15) is 31.2 Å². The summed E-state index contributed by atoms with van der Waals surface area (Å²) in [6.45, 7) is 3.17. The number of esters is 1. The standard InChI is InChI=1S/C15H15NO6S2/c1-8-5-4-6-10(12(8)15(19)22-3)16-24(20,21)11-7-9(2)13(23-11)14(17)18/h4-7,16H,1-3H3,(H,17,18). The Hall–Kier alpha value is -2.39. The van der Waals surface area contributed by atoms with Crippen molar-refractivity contribution in [1.29, 1.82) is 0 Å². The van der Waals surface area contributed by atoms with Gasteiger partial charge in [-0.2, -0.15) is 0 Å². The minimum Gasteiger partial charge on any atom is -0.477 e. The maximum atomic E-state index is 12.5. The smallest absolute Gasteiger partial charge is 0.346 e. The van der Waals surface area contributed by atoms with E-state index in [1.807, 2.05) is 0 Å². The fraction of sp³-hybridized carbons (Fsp3) is 0.200. The molecular weight excluding hydrogens is 354 g/mol. The van der Waals surface area contributed by atoms with Gasteiger partial charge in [0.15, 0.2) is 0 Å². The van der Waals surface area contributed by atoms with Crippen molar-refractivity contribution < 1.29 is 27.9 Å². The summed E-state index contributed by atoms with van der Waals surface area (Å²) in [5.41, 5.74) is 1.08. The number of carbonyl (C=O) groups is 2. The van der Waals surface area contributed by atoms with E-state index in [1.165, 1.54) is 26.2 Å². The number of carbonyl (C=O) groups excluding carboxylic acids is 1. The van der Waals surface area contributed by atoms with E-state index in [1.54, 1.807) is 19.1 Å². The number of hydrogen-bond acceptors (Lipinski definition) is 6. The molecule has 1 heterocycles. The second-order valence-electron chi connectivity index (χ2n) is 4.98. The average Bonchev–Trinajstić information content (AvgIpc) is 2.89. The van der Waals surface area contributed by atoms with Crippen molar-refractivity contribution in [3.8, 4) is 0 Å². The predicted octanol–water partition coefficient (Wildman–Crippen LogP) is 2.65. The quantitative estimate of drug-likeness (QED) is 0.784. The molecule has 0 bridgehead atoms. The third-order valence-corrected chi connectivity index (χ3v) is 6.33. The topological polar surface area (TPSA) is 110 Å². The van der Waals surface area contributed by atoms with Gasteiger partial charge in [-0.25, -0.2) is 18.0 Å². The molecule has 0 unspecified atom stereocenters. The minimum atomic E-state index is -4.03. The summed E-state index contributed by atoms with van der Waals surface area (Å²) in [6, 6.07) is 5.98. The number of aromatic carboxylic acids is 1. The monoisotopic (exact) mass is 369 g/mol. The van der Waals surface area contributed by atoms with Gasteiger partial charge in [0.25, 0.3) is 10.0 Å².